The van der Waals surface area contributed by atoms with Crippen molar-refractivity contribution < 1.29 is 20.1 Å². The molecule has 1 saturated heterocycles. The summed E-state index contributed by atoms with van der Waals surface area (Å²) in [5.74, 6) is 0. The van der Waals surface area contributed by atoms with E-state index in [9.17, 15) is 10.2 Å². The van der Waals surface area contributed by atoms with E-state index in [2.05, 4.69) is 4.99 Å². The molecule has 0 saturated carbocycles. The van der Waals surface area contributed by atoms with Crippen molar-refractivity contribution in [3.05, 3.63) is 0 Å². The first-order valence-corrected chi connectivity index (χ1v) is 7.46. The summed E-state index contributed by atoms with van der Waals surface area (Å²) in [4.78, 5) is 6.28. The third kappa shape index (κ3) is 3.22. The molecule has 5 atom stereocenters. The molecule has 0 aromatic rings. The van der Waals surface area contributed by atoms with Gasteiger partial charge in [-0.1, -0.05) is 11.8 Å². The molecule has 0 bridgehead atoms. The van der Waals surface area contributed by atoms with Gasteiger partial charge in [0.25, 0.3) is 0 Å². The molecule has 0 aromatic carbocycles. The molecular weight excluding hydrogens is 268 g/mol. The van der Waals surface area contributed by atoms with Crippen LogP contribution in [0.3, 0.4) is 0 Å². The van der Waals surface area contributed by atoms with Gasteiger partial charge in [0.05, 0.1) is 6.10 Å². The fourth-order valence-corrected chi connectivity index (χ4v) is 3.49. The molecule has 7 heteroatoms. The van der Waals surface area contributed by atoms with Gasteiger partial charge in [0.2, 0.25) is 0 Å². The number of hydrogen-bond acceptors (Lipinski definition) is 7. The molecule has 0 spiro atoms. The topological polar surface area (TPSA) is 85.5 Å². The number of hydrogen-bond donors (Lipinski definition) is 3. The van der Waals surface area contributed by atoms with Gasteiger partial charge in [0, 0.05) is 20.7 Å². The van der Waals surface area contributed by atoms with Crippen LogP contribution in [0.5, 0.6) is 0 Å². The molecule has 2 rings (SSSR count). The van der Waals surface area contributed by atoms with Gasteiger partial charge in [-0.15, -0.1) is 0 Å². The Hall–Kier alpha value is -0.340. The summed E-state index contributed by atoms with van der Waals surface area (Å²) in [6.45, 7) is 0.139. The highest BCUT2D eigenvalue weighted by atomic mass is 32.2. The fraction of sp³-hybridized carbons (Fsp3) is 0.917. The van der Waals surface area contributed by atoms with Crippen molar-refractivity contribution in [3.63, 3.8) is 0 Å². The number of fused-ring (bicyclic) bond motifs is 1. The van der Waals surface area contributed by atoms with Crippen LogP contribution in [0, 0.1) is 0 Å². The Kier molecular flexibility index (Phi) is 5.08. The molecule has 0 aliphatic carbocycles. The zero-order chi connectivity index (χ0) is 14.0. The maximum absolute atomic E-state index is 10.2. The molecular formula is C12H22N2O4S. The van der Waals surface area contributed by atoms with E-state index in [1.807, 2.05) is 19.0 Å². The largest absolute Gasteiger partial charge is 0.396 e. The van der Waals surface area contributed by atoms with Gasteiger partial charge in [-0.2, -0.15) is 0 Å². The van der Waals surface area contributed by atoms with Crippen molar-refractivity contribution in [3.8, 4) is 0 Å². The lowest BCUT2D eigenvalue weighted by Crippen LogP contribution is -2.54. The van der Waals surface area contributed by atoms with Gasteiger partial charge >= 0.3 is 0 Å². The molecule has 19 heavy (non-hydrogen) atoms. The van der Waals surface area contributed by atoms with Gasteiger partial charge in [-0.05, 0) is 19.3 Å². The maximum atomic E-state index is 10.2. The van der Waals surface area contributed by atoms with Crippen LogP contribution < -0.4 is 0 Å². The number of unbranched alkanes of at least 4 members (excludes halogenated alkanes) is 1. The van der Waals surface area contributed by atoms with Crippen LogP contribution in [0.25, 0.3) is 0 Å². The van der Waals surface area contributed by atoms with Crippen LogP contribution in [0.1, 0.15) is 19.3 Å². The first-order chi connectivity index (χ1) is 9.04. The molecule has 1 fully saturated rings. The first kappa shape index (κ1) is 15.1. The van der Waals surface area contributed by atoms with Gasteiger partial charge in [0.15, 0.2) is 5.17 Å². The summed E-state index contributed by atoms with van der Waals surface area (Å²) in [5.41, 5.74) is -0.227. The molecule has 0 amide bonds. The summed E-state index contributed by atoms with van der Waals surface area (Å²) in [6.07, 6.45) is -0.0851. The van der Waals surface area contributed by atoms with Gasteiger partial charge in [0.1, 0.15) is 23.7 Å². The van der Waals surface area contributed by atoms with Crippen LogP contribution >= 0.6 is 11.8 Å². The number of amidine groups is 1. The van der Waals surface area contributed by atoms with Crippen molar-refractivity contribution >= 4 is 16.9 Å². The Labute approximate surface area is 117 Å². The van der Waals surface area contributed by atoms with Gasteiger partial charge in [-0.3, -0.25) is 4.99 Å². The van der Waals surface area contributed by atoms with E-state index in [0.717, 1.165) is 11.6 Å². The summed E-state index contributed by atoms with van der Waals surface area (Å²) >= 11 is 1.48. The van der Waals surface area contributed by atoms with Crippen molar-refractivity contribution in [2.75, 3.05) is 20.7 Å². The monoisotopic (exact) mass is 290 g/mol. The van der Waals surface area contributed by atoms with Gasteiger partial charge < -0.3 is 25.0 Å². The maximum Gasteiger partial charge on any atom is 0.161 e. The predicted octanol–water partition coefficient (Wildman–Crippen LogP) is -0.371. The quantitative estimate of drug-likeness (QED) is 0.613. The minimum absolute atomic E-state index is 0.139. The van der Waals surface area contributed by atoms with Crippen LogP contribution in [-0.4, -0.2) is 75.9 Å². The van der Waals surface area contributed by atoms with Crippen molar-refractivity contribution in [1.82, 2.24) is 4.90 Å². The zero-order valence-electron chi connectivity index (χ0n) is 11.3. The Morgan fingerprint density at radius 3 is 2.63 bits per heavy atom. The summed E-state index contributed by atoms with van der Waals surface area (Å²) < 4.78 is 5.85. The van der Waals surface area contributed by atoms with Crippen LogP contribution in [0.15, 0.2) is 4.99 Å². The average Bonchev–Trinajstić information content (AvgIpc) is 2.80. The highest BCUT2D eigenvalue weighted by Gasteiger charge is 2.48. The number of aliphatic imine (C=N–C) groups is 1. The number of thioether (sulfide) groups is 1. The zero-order valence-corrected chi connectivity index (χ0v) is 12.1. The minimum atomic E-state index is -0.911. The number of aliphatic hydroxyl groups is 3. The lowest BCUT2D eigenvalue weighted by atomic mass is 9.95. The van der Waals surface area contributed by atoms with E-state index >= 15 is 0 Å². The van der Waals surface area contributed by atoms with Crippen molar-refractivity contribution in [1.29, 1.82) is 0 Å². The highest BCUT2D eigenvalue weighted by Crippen LogP contribution is 2.37. The summed E-state index contributed by atoms with van der Waals surface area (Å²) in [6, 6.07) is -0.397. The second-order valence-electron chi connectivity index (χ2n) is 5.16. The van der Waals surface area contributed by atoms with Crippen LogP contribution in [-0.2, 0) is 4.74 Å². The third-order valence-electron chi connectivity index (χ3n) is 3.43. The van der Waals surface area contributed by atoms with E-state index in [1.165, 1.54) is 11.8 Å². The summed E-state index contributed by atoms with van der Waals surface area (Å²) in [7, 11) is 3.79. The molecule has 2 aliphatic heterocycles. The molecule has 3 N–H and O–H groups in total. The second-order valence-corrected chi connectivity index (χ2v) is 6.22. The second kappa shape index (κ2) is 6.41. The Morgan fingerprint density at radius 1 is 1.26 bits per heavy atom. The van der Waals surface area contributed by atoms with Crippen LogP contribution in [0.2, 0.25) is 0 Å². The molecule has 6 nitrogen and oxygen atoms in total. The van der Waals surface area contributed by atoms with E-state index in [-0.39, 0.29) is 18.1 Å². The number of ether oxygens (including phenoxy) is 1. The Morgan fingerprint density at radius 2 is 2.00 bits per heavy atom. The average molecular weight is 290 g/mol. The Bertz CT molecular complexity index is 340. The lowest BCUT2D eigenvalue weighted by Gasteiger charge is -2.38. The van der Waals surface area contributed by atoms with E-state index in [0.29, 0.717) is 12.8 Å². The molecule has 1 unspecified atom stereocenters. The standard InChI is InChI=1S/C12H22N2O4S/c1-14(2)12-13-8-10(17)9(16)7(5-3-4-6-15)18-11(8)19-12/h7-11,15-17H,3-6H2,1-2H3/t7-,8-,9?,10-,11-/m1/s1. The summed E-state index contributed by atoms with van der Waals surface area (Å²) in [5, 5.41) is 29.8. The molecule has 2 aliphatic rings. The van der Waals surface area contributed by atoms with E-state index in [4.69, 9.17) is 9.84 Å². The predicted molar refractivity (Wildman–Crippen MR) is 74.1 cm³/mol. The number of nitrogens with zero attached hydrogens (tertiary/aromatic N) is 2. The Balaban J connectivity index is 1.98. The van der Waals surface area contributed by atoms with E-state index in [1.54, 1.807) is 0 Å². The van der Waals surface area contributed by atoms with Gasteiger partial charge in [-0.25, -0.2) is 0 Å². The normalized spacial score (nSPS) is 37.9. The molecule has 2 heterocycles. The van der Waals surface area contributed by atoms with Crippen molar-refractivity contribution in [2.45, 2.75) is 49.1 Å². The molecule has 0 radical (unpaired) electrons. The minimum Gasteiger partial charge on any atom is -0.396 e. The van der Waals surface area contributed by atoms with Crippen LogP contribution in [0.4, 0.5) is 0 Å². The third-order valence-corrected chi connectivity index (χ3v) is 4.73. The highest BCUT2D eigenvalue weighted by molar-refractivity contribution is 8.14. The SMILES string of the molecule is CN(C)C1=N[C@H]2[C@H](O[C@H](CCCCO)C(O)[C@@H]2O)S1. The molecule has 110 valence electrons. The van der Waals surface area contributed by atoms with E-state index < -0.39 is 18.2 Å². The molecule has 0 aromatic heterocycles. The fourth-order valence-electron chi connectivity index (χ4n) is 2.33. The van der Waals surface area contributed by atoms with Crippen molar-refractivity contribution in [2.24, 2.45) is 4.99 Å². The number of aliphatic hydroxyl groups excluding tert-OH is 3. The lowest BCUT2D eigenvalue weighted by molar-refractivity contribution is -0.155. The number of rotatable bonds is 4. The first-order valence-electron chi connectivity index (χ1n) is 6.59. The smallest absolute Gasteiger partial charge is 0.161 e.